The van der Waals surface area contributed by atoms with E-state index >= 15 is 0 Å². The van der Waals surface area contributed by atoms with E-state index in [0.29, 0.717) is 5.33 Å². The van der Waals surface area contributed by atoms with E-state index in [9.17, 15) is 4.39 Å². The van der Waals surface area contributed by atoms with Crippen LogP contribution in [0, 0.1) is 5.95 Å². The molecular weight excluding hydrogens is 201 g/mol. The molecule has 0 saturated heterocycles. The summed E-state index contributed by atoms with van der Waals surface area (Å²) in [6.45, 7) is 0. The molecule has 1 N–H and O–H groups in total. The Kier molecular flexibility index (Phi) is 2.21. The molecule has 0 atom stereocenters. The molecule has 0 unspecified atom stereocenters. The van der Waals surface area contributed by atoms with E-state index < -0.39 is 11.7 Å². The molecule has 4 heteroatoms. The van der Waals surface area contributed by atoms with Gasteiger partial charge in [0, 0.05) is 11.5 Å². The van der Waals surface area contributed by atoms with Crippen molar-refractivity contribution in [3.05, 3.63) is 23.8 Å². The lowest BCUT2D eigenvalue weighted by molar-refractivity contribution is 0.418. The summed E-state index contributed by atoms with van der Waals surface area (Å²) in [6.07, 6.45) is 1.36. The minimum Gasteiger partial charge on any atom is -0.504 e. The topological polar surface area (TPSA) is 33.1 Å². The van der Waals surface area contributed by atoms with Crippen LogP contribution >= 0.6 is 15.9 Å². The van der Waals surface area contributed by atoms with Gasteiger partial charge in [0.2, 0.25) is 0 Å². The molecule has 10 heavy (non-hydrogen) atoms. The average Bonchev–Trinajstić information content (AvgIpc) is 1.95. The minimum absolute atomic E-state index is 0.406. The second-order valence-electron chi connectivity index (χ2n) is 1.79. The molecule has 0 aliphatic carbocycles. The average molecular weight is 206 g/mol. The molecule has 0 amide bonds. The number of nitrogens with zero attached hydrogens (tertiary/aromatic N) is 1. The maximum Gasteiger partial charge on any atom is 0.254 e. The number of aromatic hydroxyl groups is 1. The van der Waals surface area contributed by atoms with Crippen LogP contribution in [0.2, 0.25) is 0 Å². The van der Waals surface area contributed by atoms with Crippen molar-refractivity contribution in [1.82, 2.24) is 4.98 Å². The molecule has 0 aliphatic rings. The summed E-state index contributed by atoms with van der Waals surface area (Å²) in [5, 5.41) is 9.34. The summed E-state index contributed by atoms with van der Waals surface area (Å²) in [5.41, 5.74) is 0.749. The fourth-order valence-electron chi connectivity index (χ4n) is 0.551. The van der Waals surface area contributed by atoms with Crippen molar-refractivity contribution in [2.45, 2.75) is 5.33 Å². The Hall–Kier alpha value is -0.640. The third kappa shape index (κ3) is 1.44. The molecule has 0 radical (unpaired) electrons. The first-order chi connectivity index (χ1) is 4.74. The third-order valence-corrected chi connectivity index (χ3v) is 1.68. The van der Waals surface area contributed by atoms with E-state index in [0.717, 1.165) is 5.56 Å². The Bertz CT molecular complexity index is 241. The zero-order valence-electron chi connectivity index (χ0n) is 5.01. The largest absolute Gasteiger partial charge is 0.504 e. The zero-order chi connectivity index (χ0) is 7.56. The molecule has 1 heterocycles. The van der Waals surface area contributed by atoms with Crippen LogP contribution in [0.15, 0.2) is 12.3 Å². The van der Waals surface area contributed by atoms with Crippen LogP contribution in [-0.2, 0) is 5.33 Å². The summed E-state index contributed by atoms with van der Waals surface area (Å²) in [7, 11) is 0. The number of hydrogen-bond donors (Lipinski definition) is 1. The minimum atomic E-state index is -0.829. The van der Waals surface area contributed by atoms with Crippen molar-refractivity contribution in [1.29, 1.82) is 0 Å². The van der Waals surface area contributed by atoms with Gasteiger partial charge in [-0.2, -0.15) is 4.39 Å². The Morgan fingerprint density at radius 1 is 1.70 bits per heavy atom. The van der Waals surface area contributed by atoms with E-state index in [1.165, 1.54) is 12.3 Å². The van der Waals surface area contributed by atoms with Crippen molar-refractivity contribution >= 4 is 15.9 Å². The molecule has 0 saturated carbocycles. The number of aromatic nitrogens is 1. The van der Waals surface area contributed by atoms with Crippen molar-refractivity contribution in [2.75, 3.05) is 0 Å². The second-order valence-corrected chi connectivity index (χ2v) is 2.35. The number of rotatable bonds is 1. The SMILES string of the molecule is Oc1cc(CBr)cnc1F. The highest BCUT2D eigenvalue weighted by atomic mass is 79.9. The molecule has 54 valence electrons. The van der Waals surface area contributed by atoms with Crippen molar-refractivity contribution < 1.29 is 9.50 Å². The van der Waals surface area contributed by atoms with Crippen LogP contribution < -0.4 is 0 Å². The standard InChI is InChI=1S/C6H5BrFNO/c7-2-4-1-5(10)6(8)9-3-4/h1,3,10H,2H2. The van der Waals surface area contributed by atoms with Crippen LogP contribution in [0.25, 0.3) is 0 Å². The Balaban J connectivity index is 3.04. The Labute approximate surface area is 65.8 Å². The predicted octanol–water partition coefficient (Wildman–Crippen LogP) is 1.82. The van der Waals surface area contributed by atoms with Crippen LogP contribution in [0.4, 0.5) is 4.39 Å². The highest BCUT2D eigenvalue weighted by Crippen LogP contribution is 2.15. The lowest BCUT2D eigenvalue weighted by atomic mass is 10.3. The lowest BCUT2D eigenvalue weighted by Gasteiger charge is -1.95. The first-order valence-electron chi connectivity index (χ1n) is 2.63. The summed E-state index contributed by atoms with van der Waals surface area (Å²) in [5.74, 6) is -1.23. The third-order valence-electron chi connectivity index (χ3n) is 1.03. The molecule has 0 aromatic carbocycles. The fourth-order valence-corrected chi connectivity index (χ4v) is 0.858. The molecule has 0 aliphatic heterocycles. The van der Waals surface area contributed by atoms with Crippen molar-refractivity contribution in [2.24, 2.45) is 0 Å². The molecule has 0 spiro atoms. The van der Waals surface area contributed by atoms with E-state index in [1.807, 2.05) is 0 Å². The van der Waals surface area contributed by atoms with Crippen LogP contribution in [0.3, 0.4) is 0 Å². The molecule has 0 fully saturated rings. The fraction of sp³-hybridized carbons (Fsp3) is 0.167. The first-order valence-corrected chi connectivity index (χ1v) is 3.75. The summed E-state index contributed by atoms with van der Waals surface area (Å²) in [4.78, 5) is 3.30. The maximum absolute atomic E-state index is 12.3. The van der Waals surface area contributed by atoms with Gasteiger partial charge in [0.15, 0.2) is 5.75 Å². The van der Waals surface area contributed by atoms with Crippen molar-refractivity contribution in [3.8, 4) is 5.75 Å². The van der Waals surface area contributed by atoms with Crippen molar-refractivity contribution in [3.63, 3.8) is 0 Å². The second kappa shape index (κ2) is 2.96. The monoisotopic (exact) mass is 205 g/mol. The summed E-state index contributed by atoms with van der Waals surface area (Å²) < 4.78 is 12.3. The van der Waals surface area contributed by atoms with Gasteiger partial charge in [-0.25, -0.2) is 4.98 Å². The first kappa shape index (κ1) is 7.47. The highest BCUT2D eigenvalue weighted by molar-refractivity contribution is 9.08. The van der Waals surface area contributed by atoms with Crippen LogP contribution in [0.1, 0.15) is 5.56 Å². The maximum atomic E-state index is 12.3. The van der Waals surface area contributed by atoms with E-state index in [-0.39, 0.29) is 0 Å². The lowest BCUT2D eigenvalue weighted by Crippen LogP contribution is -1.85. The van der Waals surface area contributed by atoms with Gasteiger partial charge >= 0.3 is 0 Å². The normalized spacial score (nSPS) is 9.80. The molecular formula is C6H5BrFNO. The van der Waals surface area contributed by atoms with Gasteiger partial charge in [-0.3, -0.25) is 0 Å². The smallest absolute Gasteiger partial charge is 0.254 e. The molecule has 2 nitrogen and oxygen atoms in total. The van der Waals surface area contributed by atoms with E-state index in [1.54, 1.807) is 0 Å². The molecule has 1 aromatic heterocycles. The van der Waals surface area contributed by atoms with Crippen LogP contribution in [-0.4, -0.2) is 10.1 Å². The Morgan fingerprint density at radius 3 is 2.90 bits per heavy atom. The quantitative estimate of drug-likeness (QED) is 0.561. The van der Waals surface area contributed by atoms with Gasteiger partial charge in [-0.15, -0.1) is 0 Å². The number of hydrogen-bond acceptors (Lipinski definition) is 2. The number of halogens is 2. The zero-order valence-corrected chi connectivity index (χ0v) is 6.60. The van der Waals surface area contributed by atoms with Crippen LogP contribution in [0.5, 0.6) is 5.75 Å². The number of alkyl halides is 1. The summed E-state index contributed by atoms with van der Waals surface area (Å²) in [6, 6.07) is 1.33. The Morgan fingerprint density at radius 2 is 2.40 bits per heavy atom. The molecule has 1 rings (SSSR count). The van der Waals surface area contributed by atoms with Gasteiger partial charge in [-0.05, 0) is 11.6 Å². The molecule has 0 bridgehead atoms. The van der Waals surface area contributed by atoms with Gasteiger partial charge in [0.1, 0.15) is 0 Å². The number of pyridine rings is 1. The van der Waals surface area contributed by atoms with Gasteiger partial charge in [-0.1, -0.05) is 15.9 Å². The van der Waals surface area contributed by atoms with E-state index in [2.05, 4.69) is 20.9 Å². The van der Waals surface area contributed by atoms with E-state index in [4.69, 9.17) is 5.11 Å². The van der Waals surface area contributed by atoms with Gasteiger partial charge in [0.05, 0.1) is 0 Å². The van der Waals surface area contributed by atoms with Gasteiger partial charge in [0.25, 0.3) is 5.95 Å². The summed E-state index contributed by atoms with van der Waals surface area (Å²) >= 11 is 3.14. The predicted molar refractivity (Wildman–Crippen MR) is 38.5 cm³/mol. The molecule has 1 aromatic rings. The highest BCUT2D eigenvalue weighted by Gasteiger charge is 2.00. The van der Waals surface area contributed by atoms with Gasteiger partial charge < -0.3 is 5.11 Å².